The normalized spacial score (nSPS) is 14.4. The highest BCUT2D eigenvalue weighted by atomic mass is 32.1. The van der Waals surface area contributed by atoms with Gasteiger partial charge in [-0.3, -0.25) is 0 Å². The fourth-order valence-electron chi connectivity index (χ4n) is 2.54. The Labute approximate surface area is 130 Å². The molecule has 0 saturated carbocycles. The lowest BCUT2D eigenvalue weighted by Crippen LogP contribution is -2.45. The molecule has 1 atom stereocenters. The first-order valence-electron chi connectivity index (χ1n) is 7.27. The lowest BCUT2D eigenvalue weighted by molar-refractivity contribution is 0.329. The Morgan fingerprint density at radius 3 is 2.33 bits per heavy atom. The molecule has 0 amide bonds. The molecule has 2 nitrogen and oxygen atoms in total. The monoisotopic (exact) mass is 306 g/mol. The third-order valence-electron chi connectivity index (χ3n) is 3.58. The Morgan fingerprint density at radius 1 is 1.24 bits per heavy atom. The summed E-state index contributed by atoms with van der Waals surface area (Å²) in [6.45, 7) is 10.6. The summed E-state index contributed by atoms with van der Waals surface area (Å²) in [4.78, 5) is 5.98. The van der Waals surface area contributed by atoms with E-state index in [1.165, 1.54) is 17.0 Å². The second-order valence-electron chi connectivity index (χ2n) is 6.10. The molecule has 0 saturated heterocycles. The van der Waals surface area contributed by atoms with Crippen molar-refractivity contribution in [3.8, 4) is 0 Å². The SMILES string of the molecule is Cc1nc(C(C)(Cc2ccc(F)cc2)NC(C)C)sc1C. The van der Waals surface area contributed by atoms with Gasteiger partial charge in [0.2, 0.25) is 0 Å². The number of hydrogen-bond acceptors (Lipinski definition) is 3. The predicted octanol–water partition coefficient (Wildman–Crippen LogP) is 4.35. The molecule has 0 radical (unpaired) electrons. The van der Waals surface area contributed by atoms with Crippen LogP contribution in [0.15, 0.2) is 24.3 Å². The number of nitrogens with one attached hydrogen (secondary N) is 1. The van der Waals surface area contributed by atoms with E-state index in [2.05, 4.69) is 33.0 Å². The van der Waals surface area contributed by atoms with Gasteiger partial charge in [0, 0.05) is 10.9 Å². The van der Waals surface area contributed by atoms with E-state index in [0.717, 1.165) is 22.7 Å². The van der Waals surface area contributed by atoms with Crippen LogP contribution in [0.4, 0.5) is 4.39 Å². The summed E-state index contributed by atoms with van der Waals surface area (Å²) in [5.41, 5.74) is 1.96. The van der Waals surface area contributed by atoms with Crippen molar-refractivity contribution in [2.45, 2.75) is 52.6 Å². The van der Waals surface area contributed by atoms with E-state index in [1.54, 1.807) is 11.3 Å². The van der Waals surface area contributed by atoms with Gasteiger partial charge in [-0.15, -0.1) is 11.3 Å². The van der Waals surface area contributed by atoms with Crippen LogP contribution in [0.5, 0.6) is 0 Å². The first kappa shape index (κ1) is 16.1. The maximum absolute atomic E-state index is 13.1. The van der Waals surface area contributed by atoms with Gasteiger partial charge in [-0.1, -0.05) is 12.1 Å². The molecule has 0 aliphatic carbocycles. The number of hydrogen-bond donors (Lipinski definition) is 1. The van der Waals surface area contributed by atoms with Crippen LogP contribution in [0.3, 0.4) is 0 Å². The van der Waals surface area contributed by atoms with Gasteiger partial charge in [-0.25, -0.2) is 9.37 Å². The van der Waals surface area contributed by atoms with E-state index in [0.29, 0.717) is 6.04 Å². The zero-order chi connectivity index (χ0) is 15.6. The van der Waals surface area contributed by atoms with E-state index in [-0.39, 0.29) is 11.4 Å². The number of thiazole rings is 1. The van der Waals surface area contributed by atoms with E-state index in [4.69, 9.17) is 4.98 Å². The molecule has 21 heavy (non-hydrogen) atoms. The van der Waals surface area contributed by atoms with Crippen LogP contribution in [-0.2, 0) is 12.0 Å². The lowest BCUT2D eigenvalue weighted by Gasteiger charge is -2.31. The molecule has 2 rings (SSSR count). The molecule has 114 valence electrons. The molecule has 1 aromatic carbocycles. The van der Waals surface area contributed by atoms with Gasteiger partial charge in [0.25, 0.3) is 0 Å². The highest BCUT2D eigenvalue weighted by molar-refractivity contribution is 7.11. The Hall–Kier alpha value is -1.26. The summed E-state index contributed by atoms with van der Waals surface area (Å²) in [6.07, 6.45) is 0.790. The number of nitrogens with zero attached hydrogens (tertiary/aromatic N) is 1. The Morgan fingerprint density at radius 2 is 1.86 bits per heavy atom. The topological polar surface area (TPSA) is 24.9 Å². The first-order chi connectivity index (χ1) is 9.80. The molecule has 1 heterocycles. The van der Waals surface area contributed by atoms with E-state index in [9.17, 15) is 4.39 Å². The van der Waals surface area contributed by atoms with Crippen molar-refractivity contribution < 1.29 is 4.39 Å². The van der Waals surface area contributed by atoms with E-state index in [1.807, 2.05) is 19.1 Å². The van der Waals surface area contributed by atoms with Gasteiger partial charge in [-0.2, -0.15) is 0 Å². The molecule has 1 unspecified atom stereocenters. The van der Waals surface area contributed by atoms with Gasteiger partial charge in [0.1, 0.15) is 10.8 Å². The Balaban J connectivity index is 2.34. The van der Waals surface area contributed by atoms with Crippen molar-refractivity contribution in [2.75, 3.05) is 0 Å². The summed E-state index contributed by atoms with van der Waals surface area (Å²) in [5, 5.41) is 4.72. The minimum absolute atomic E-state index is 0.196. The van der Waals surface area contributed by atoms with Crippen molar-refractivity contribution in [3.05, 3.63) is 51.2 Å². The van der Waals surface area contributed by atoms with Gasteiger partial charge in [-0.05, 0) is 58.7 Å². The van der Waals surface area contributed by atoms with Crippen LogP contribution < -0.4 is 5.32 Å². The molecule has 1 N–H and O–H groups in total. The maximum Gasteiger partial charge on any atom is 0.123 e. The third kappa shape index (κ3) is 3.89. The van der Waals surface area contributed by atoms with Crippen molar-refractivity contribution in [3.63, 3.8) is 0 Å². The average molecular weight is 306 g/mol. The lowest BCUT2D eigenvalue weighted by atomic mass is 9.92. The Bertz CT molecular complexity index is 584. The second kappa shape index (κ2) is 6.24. The summed E-state index contributed by atoms with van der Waals surface area (Å²) < 4.78 is 13.1. The van der Waals surface area contributed by atoms with Crippen LogP contribution in [0, 0.1) is 19.7 Å². The zero-order valence-corrected chi connectivity index (χ0v) is 14.1. The number of aromatic nitrogens is 1. The van der Waals surface area contributed by atoms with Crippen molar-refractivity contribution in [1.29, 1.82) is 0 Å². The van der Waals surface area contributed by atoms with Gasteiger partial charge in [0.15, 0.2) is 0 Å². The third-order valence-corrected chi connectivity index (χ3v) is 4.92. The summed E-state index contributed by atoms with van der Waals surface area (Å²) in [7, 11) is 0. The van der Waals surface area contributed by atoms with E-state index < -0.39 is 0 Å². The van der Waals surface area contributed by atoms with Crippen LogP contribution in [0.25, 0.3) is 0 Å². The molecule has 1 aromatic heterocycles. The number of halogens is 1. The minimum Gasteiger partial charge on any atom is -0.303 e. The van der Waals surface area contributed by atoms with Crippen LogP contribution in [-0.4, -0.2) is 11.0 Å². The molecule has 0 aliphatic heterocycles. The Kier molecular flexibility index (Phi) is 4.79. The van der Waals surface area contributed by atoms with Gasteiger partial charge in [0.05, 0.1) is 11.2 Å². The number of aryl methyl sites for hydroxylation is 2. The molecule has 0 spiro atoms. The zero-order valence-electron chi connectivity index (χ0n) is 13.3. The second-order valence-corrected chi connectivity index (χ2v) is 7.30. The van der Waals surface area contributed by atoms with Gasteiger partial charge >= 0.3 is 0 Å². The molecular weight excluding hydrogens is 283 g/mol. The summed E-state index contributed by atoms with van der Waals surface area (Å²) in [6, 6.07) is 7.08. The van der Waals surface area contributed by atoms with Crippen LogP contribution in [0.1, 0.15) is 41.9 Å². The fraction of sp³-hybridized carbons (Fsp3) is 0.471. The quantitative estimate of drug-likeness (QED) is 0.888. The molecule has 0 bridgehead atoms. The molecular formula is C17H23FN2S. The fourth-order valence-corrected chi connectivity index (χ4v) is 3.57. The first-order valence-corrected chi connectivity index (χ1v) is 8.08. The molecule has 0 fully saturated rings. The smallest absolute Gasteiger partial charge is 0.123 e. The summed E-state index contributed by atoms with van der Waals surface area (Å²) in [5.74, 6) is -0.196. The van der Waals surface area contributed by atoms with Crippen LogP contribution >= 0.6 is 11.3 Å². The predicted molar refractivity (Wildman–Crippen MR) is 87.3 cm³/mol. The van der Waals surface area contributed by atoms with Crippen molar-refractivity contribution >= 4 is 11.3 Å². The van der Waals surface area contributed by atoms with Crippen molar-refractivity contribution in [1.82, 2.24) is 10.3 Å². The standard InChI is InChI=1S/C17H23FN2S/c1-11(2)20-17(5,16-19-12(3)13(4)21-16)10-14-6-8-15(18)9-7-14/h6-9,11,20H,10H2,1-5H3. The maximum atomic E-state index is 13.1. The van der Waals surface area contributed by atoms with Gasteiger partial charge < -0.3 is 5.32 Å². The van der Waals surface area contributed by atoms with Crippen LogP contribution in [0.2, 0.25) is 0 Å². The highest BCUT2D eigenvalue weighted by Gasteiger charge is 2.31. The largest absolute Gasteiger partial charge is 0.303 e. The number of rotatable bonds is 5. The van der Waals surface area contributed by atoms with E-state index >= 15 is 0 Å². The van der Waals surface area contributed by atoms with Crippen molar-refractivity contribution in [2.24, 2.45) is 0 Å². The average Bonchev–Trinajstić information content (AvgIpc) is 2.72. The highest BCUT2D eigenvalue weighted by Crippen LogP contribution is 2.31. The molecule has 2 aromatic rings. The minimum atomic E-state index is -0.240. The summed E-state index contributed by atoms with van der Waals surface area (Å²) >= 11 is 1.74. The molecule has 4 heteroatoms. The molecule has 0 aliphatic rings. The number of benzene rings is 1.